The van der Waals surface area contributed by atoms with Crippen LogP contribution in [-0.4, -0.2) is 66.3 Å². The summed E-state index contributed by atoms with van der Waals surface area (Å²) < 4.78 is 0. The summed E-state index contributed by atoms with van der Waals surface area (Å²) in [4.78, 5) is 40.2. The van der Waals surface area contributed by atoms with E-state index in [0.29, 0.717) is 16.9 Å². The van der Waals surface area contributed by atoms with Crippen molar-refractivity contribution in [1.29, 1.82) is 0 Å². The van der Waals surface area contributed by atoms with E-state index in [9.17, 15) is 30.4 Å². The molecule has 37 heavy (non-hydrogen) atoms. The molecular formula is C22H21N9O6. The molecule has 190 valence electrons. The van der Waals surface area contributed by atoms with Gasteiger partial charge in [-0.05, 0) is 24.3 Å². The summed E-state index contributed by atoms with van der Waals surface area (Å²) in [6.07, 6.45) is 1.29. The monoisotopic (exact) mass is 507 g/mol. The predicted octanol–water partition coefficient (Wildman–Crippen LogP) is 2.51. The summed E-state index contributed by atoms with van der Waals surface area (Å²) in [5.41, 5.74) is 1.47. The lowest BCUT2D eigenvalue weighted by atomic mass is 10.2. The fraction of sp³-hybridized carbons (Fsp3) is 0.182. The fourth-order valence-corrected chi connectivity index (χ4v) is 3.42. The second-order valence-corrected chi connectivity index (χ2v) is 7.58. The van der Waals surface area contributed by atoms with Gasteiger partial charge in [0.15, 0.2) is 11.6 Å². The van der Waals surface area contributed by atoms with Gasteiger partial charge in [-0.1, -0.05) is 0 Å². The number of nitrogens with zero attached hydrogens (tertiary/aromatic N) is 7. The number of fused-ring (bicyclic) bond motifs is 1. The highest BCUT2D eigenvalue weighted by Gasteiger charge is 2.18. The van der Waals surface area contributed by atoms with Gasteiger partial charge in [-0.15, -0.1) is 0 Å². The standard InChI is InChI=1S/C22H21N9O6/c32-11-9-29(10-12-33)22-27-19-18(21(28-22)26-15-3-7-17(8-4-15)31(36)37)23-13-24-20(19)25-14-1-5-16(6-2-14)30(34)35/h1-8,13,32-33H,9-12H2,(H,23,24,25)(H,26,27,28). The molecule has 0 aliphatic carbocycles. The van der Waals surface area contributed by atoms with E-state index in [1.807, 2.05) is 0 Å². The van der Waals surface area contributed by atoms with Crippen LogP contribution in [0.5, 0.6) is 0 Å². The first-order valence-corrected chi connectivity index (χ1v) is 10.9. The molecule has 15 nitrogen and oxygen atoms in total. The van der Waals surface area contributed by atoms with Crippen LogP contribution in [0.4, 0.5) is 40.3 Å². The third-order valence-corrected chi connectivity index (χ3v) is 5.17. The van der Waals surface area contributed by atoms with Gasteiger partial charge in [0.2, 0.25) is 5.95 Å². The highest BCUT2D eigenvalue weighted by Crippen LogP contribution is 2.30. The average molecular weight is 507 g/mol. The van der Waals surface area contributed by atoms with E-state index >= 15 is 0 Å². The van der Waals surface area contributed by atoms with Gasteiger partial charge < -0.3 is 25.7 Å². The second-order valence-electron chi connectivity index (χ2n) is 7.58. The van der Waals surface area contributed by atoms with Crippen molar-refractivity contribution in [2.75, 3.05) is 41.8 Å². The van der Waals surface area contributed by atoms with Crippen molar-refractivity contribution in [3.8, 4) is 0 Å². The number of benzene rings is 2. The summed E-state index contributed by atoms with van der Waals surface area (Å²) in [5, 5.41) is 47.1. The van der Waals surface area contributed by atoms with Crippen LogP contribution in [0.2, 0.25) is 0 Å². The van der Waals surface area contributed by atoms with E-state index in [4.69, 9.17) is 0 Å². The van der Waals surface area contributed by atoms with Crippen molar-refractivity contribution in [3.05, 3.63) is 75.1 Å². The zero-order valence-corrected chi connectivity index (χ0v) is 19.2. The molecule has 0 atom stereocenters. The maximum absolute atomic E-state index is 11.0. The Morgan fingerprint density at radius 1 is 0.730 bits per heavy atom. The molecule has 15 heteroatoms. The average Bonchev–Trinajstić information content (AvgIpc) is 2.89. The van der Waals surface area contributed by atoms with Crippen molar-refractivity contribution < 1.29 is 20.1 Å². The number of aliphatic hydroxyl groups is 2. The number of non-ortho nitro benzene ring substituents is 2. The number of nitro benzene ring substituents is 2. The van der Waals surface area contributed by atoms with Gasteiger partial charge in [0.25, 0.3) is 11.4 Å². The third-order valence-electron chi connectivity index (χ3n) is 5.17. The fourth-order valence-electron chi connectivity index (χ4n) is 3.42. The predicted molar refractivity (Wildman–Crippen MR) is 134 cm³/mol. The van der Waals surface area contributed by atoms with E-state index in [2.05, 4.69) is 30.6 Å². The molecule has 0 saturated carbocycles. The number of nitrogens with one attached hydrogen (secondary N) is 2. The summed E-state index contributed by atoms with van der Waals surface area (Å²) in [5.74, 6) is 0.702. The largest absolute Gasteiger partial charge is 0.395 e. The Hall–Kier alpha value is -5.02. The molecule has 0 aliphatic heterocycles. The van der Waals surface area contributed by atoms with Crippen molar-refractivity contribution in [1.82, 2.24) is 19.9 Å². The van der Waals surface area contributed by atoms with Gasteiger partial charge in [-0.3, -0.25) is 20.2 Å². The van der Waals surface area contributed by atoms with E-state index in [1.165, 1.54) is 54.9 Å². The van der Waals surface area contributed by atoms with Gasteiger partial charge in [0.05, 0.1) is 23.1 Å². The minimum atomic E-state index is -0.507. The zero-order chi connectivity index (χ0) is 26.4. The minimum absolute atomic E-state index is 0.0686. The van der Waals surface area contributed by atoms with Crippen LogP contribution < -0.4 is 15.5 Å². The number of hydrogen-bond acceptors (Lipinski definition) is 13. The summed E-state index contributed by atoms with van der Waals surface area (Å²) in [7, 11) is 0. The molecule has 4 rings (SSSR count). The van der Waals surface area contributed by atoms with Gasteiger partial charge in [-0.2, -0.15) is 4.98 Å². The quantitative estimate of drug-likeness (QED) is 0.170. The van der Waals surface area contributed by atoms with E-state index < -0.39 is 9.85 Å². The third kappa shape index (κ3) is 5.80. The summed E-state index contributed by atoms with van der Waals surface area (Å²) in [6, 6.07) is 11.4. The van der Waals surface area contributed by atoms with Gasteiger partial charge in [0.1, 0.15) is 17.4 Å². The SMILES string of the molecule is O=[N+]([O-])c1ccc(Nc2nc(N(CCO)CCO)nc3c(Nc4ccc([N+](=O)[O-])cc4)ncnc23)cc1. The molecule has 0 fully saturated rings. The van der Waals surface area contributed by atoms with E-state index in [-0.39, 0.29) is 60.8 Å². The van der Waals surface area contributed by atoms with Crippen LogP contribution in [0.1, 0.15) is 0 Å². The Morgan fingerprint density at radius 2 is 1.24 bits per heavy atom. The Labute approximate surface area is 208 Å². The van der Waals surface area contributed by atoms with Crippen molar-refractivity contribution in [3.63, 3.8) is 0 Å². The maximum Gasteiger partial charge on any atom is 0.269 e. The highest BCUT2D eigenvalue weighted by molar-refractivity contribution is 5.95. The topological polar surface area (TPSA) is 206 Å². The molecule has 2 aromatic heterocycles. The molecule has 2 heterocycles. The number of rotatable bonds is 11. The first-order valence-electron chi connectivity index (χ1n) is 10.9. The normalized spacial score (nSPS) is 10.8. The minimum Gasteiger partial charge on any atom is -0.395 e. The van der Waals surface area contributed by atoms with Crippen molar-refractivity contribution in [2.45, 2.75) is 0 Å². The zero-order valence-electron chi connectivity index (χ0n) is 19.2. The highest BCUT2D eigenvalue weighted by atomic mass is 16.6. The van der Waals surface area contributed by atoms with Gasteiger partial charge in [0, 0.05) is 48.7 Å². The lowest BCUT2D eigenvalue weighted by molar-refractivity contribution is -0.385. The van der Waals surface area contributed by atoms with Crippen molar-refractivity contribution in [2.24, 2.45) is 0 Å². The lowest BCUT2D eigenvalue weighted by Gasteiger charge is -2.22. The molecule has 0 aliphatic rings. The van der Waals surface area contributed by atoms with Crippen LogP contribution in [0.15, 0.2) is 54.9 Å². The Balaban J connectivity index is 1.79. The molecule has 0 radical (unpaired) electrons. The molecule has 0 saturated heterocycles. The first-order chi connectivity index (χ1) is 17.9. The number of hydrogen-bond donors (Lipinski definition) is 4. The molecule has 4 N–H and O–H groups in total. The number of aromatic nitrogens is 4. The van der Waals surface area contributed by atoms with Crippen LogP contribution in [-0.2, 0) is 0 Å². The van der Waals surface area contributed by atoms with Crippen LogP contribution in [0.3, 0.4) is 0 Å². The molecule has 0 unspecified atom stereocenters. The number of aliphatic hydroxyl groups excluding tert-OH is 2. The Morgan fingerprint density at radius 3 is 1.73 bits per heavy atom. The summed E-state index contributed by atoms with van der Waals surface area (Å²) >= 11 is 0. The summed E-state index contributed by atoms with van der Waals surface area (Å²) in [6.45, 7) is -0.152. The van der Waals surface area contributed by atoms with E-state index in [1.54, 1.807) is 4.90 Å². The molecule has 2 aromatic carbocycles. The van der Waals surface area contributed by atoms with Gasteiger partial charge in [-0.25, -0.2) is 15.0 Å². The first kappa shape index (κ1) is 25.1. The Bertz CT molecular complexity index is 1410. The van der Waals surface area contributed by atoms with Crippen LogP contribution >= 0.6 is 0 Å². The second kappa shape index (κ2) is 11.1. The lowest BCUT2D eigenvalue weighted by Crippen LogP contribution is -2.31. The number of nitro groups is 2. The molecule has 0 spiro atoms. The van der Waals surface area contributed by atoms with Gasteiger partial charge >= 0.3 is 0 Å². The molecule has 0 bridgehead atoms. The maximum atomic E-state index is 11.0. The smallest absolute Gasteiger partial charge is 0.269 e. The van der Waals surface area contributed by atoms with E-state index in [0.717, 1.165) is 0 Å². The molecule has 0 amide bonds. The molecular weight excluding hydrogens is 486 g/mol. The Kier molecular flexibility index (Phi) is 7.56. The van der Waals surface area contributed by atoms with Crippen molar-refractivity contribution >= 4 is 51.4 Å². The van der Waals surface area contributed by atoms with Crippen LogP contribution in [0, 0.1) is 20.2 Å². The number of anilines is 5. The molecule has 4 aromatic rings. The van der Waals surface area contributed by atoms with Crippen LogP contribution in [0.25, 0.3) is 11.0 Å².